The van der Waals surface area contributed by atoms with Gasteiger partial charge in [0.2, 0.25) is 5.91 Å². The van der Waals surface area contributed by atoms with Gasteiger partial charge in [-0.15, -0.1) is 0 Å². The third kappa shape index (κ3) is 2.68. The van der Waals surface area contributed by atoms with Gasteiger partial charge in [-0.2, -0.15) is 0 Å². The van der Waals surface area contributed by atoms with Gasteiger partial charge in [0.1, 0.15) is 5.54 Å². The Labute approximate surface area is 126 Å². The highest BCUT2D eigenvalue weighted by Crippen LogP contribution is 2.41. The van der Waals surface area contributed by atoms with Gasteiger partial charge >= 0.3 is 5.97 Å². The van der Waals surface area contributed by atoms with E-state index in [0.29, 0.717) is 25.9 Å². The molecule has 0 aromatic carbocycles. The maximum Gasteiger partial charge on any atom is 0.329 e. The largest absolute Gasteiger partial charge is 0.479 e. The van der Waals surface area contributed by atoms with Crippen molar-refractivity contribution in [1.29, 1.82) is 0 Å². The molecule has 2 rings (SSSR count). The molecule has 2 aliphatic rings. The number of amides is 1. The summed E-state index contributed by atoms with van der Waals surface area (Å²) in [6.45, 7) is 2.75. The number of rotatable bonds is 4. The molecule has 0 radical (unpaired) electrons. The van der Waals surface area contributed by atoms with Crippen LogP contribution in [0.5, 0.6) is 0 Å². The van der Waals surface area contributed by atoms with Crippen molar-refractivity contribution in [3.63, 3.8) is 0 Å². The number of carboxylic acid groups (broad SMARTS) is 1. The monoisotopic (exact) mass is 296 g/mol. The molecule has 1 amide bonds. The predicted molar refractivity (Wildman–Crippen MR) is 80.8 cm³/mol. The first-order chi connectivity index (χ1) is 10.0. The Balaban J connectivity index is 2.29. The normalized spacial score (nSPS) is 29.1. The molecule has 1 saturated heterocycles. The Morgan fingerprint density at radius 3 is 2.19 bits per heavy atom. The molecule has 1 heterocycles. The fourth-order valence-electron chi connectivity index (χ4n) is 4.11. The maximum absolute atomic E-state index is 13.2. The minimum atomic E-state index is -1.01. The van der Waals surface area contributed by atoms with E-state index in [9.17, 15) is 14.7 Å². The van der Waals surface area contributed by atoms with Gasteiger partial charge in [-0.05, 0) is 32.1 Å². The van der Waals surface area contributed by atoms with Crippen molar-refractivity contribution in [2.45, 2.75) is 70.3 Å². The van der Waals surface area contributed by atoms with Crippen LogP contribution >= 0.6 is 0 Å². The van der Waals surface area contributed by atoms with E-state index >= 15 is 0 Å². The van der Waals surface area contributed by atoms with E-state index in [2.05, 4.69) is 0 Å². The molecule has 1 aliphatic heterocycles. The summed E-state index contributed by atoms with van der Waals surface area (Å²) in [5, 5.41) is 9.67. The van der Waals surface area contributed by atoms with E-state index in [0.717, 1.165) is 44.9 Å². The van der Waals surface area contributed by atoms with Crippen molar-refractivity contribution >= 4 is 11.9 Å². The van der Waals surface area contributed by atoms with E-state index in [4.69, 9.17) is 5.73 Å². The molecule has 5 heteroatoms. The molecular formula is C16H28N2O3. The molecule has 0 aromatic rings. The zero-order valence-electron chi connectivity index (χ0n) is 13.1. The number of carbonyl (C=O) groups excluding carboxylic acids is 1. The summed E-state index contributed by atoms with van der Waals surface area (Å²) in [5.41, 5.74) is 4.45. The maximum atomic E-state index is 13.2. The van der Waals surface area contributed by atoms with Crippen LogP contribution < -0.4 is 5.73 Å². The highest BCUT2D eigenvalue weighted by molar-refractivity contribution is 5.91. The zero-order valence-corrected chi connectivity index (χ0v) is 13.1. The number of hydrogen-bond donors (Lipinski definition) is 2. The summed E-state index contributed by atoms with van der Waals surface area (Å²) in [5.74, 6) is -0.870. The smallest absolute Gasteiger partial charge is 0.329 e. The molecule has 21 heavy (non-hydrogen) atoms. The van der Waals surface area contributed by atoms with Crippen molar-refractivity contribution in [2.75, 3.05) is 13.1 Å². The summed E-state index contributed by atoms with van der Waals surface area (Å²) in [7, 11) is 0. The van der Waals surface area contributed by atoms with Gasteiger partial charge in [-0.25, -0.2) is 4.79 Å². The van der Waals surface area contributed by atoms with Crippen LogP contribution in [0.3, 0.4) is 0 Å². The Hall–Kier alpha value is -1.10. The highest BCUT2D eigenvalue weighted by atomic mass is 16.4. The first-order valence-electron chi connectivity index (χ1n) is 8.28. The average molecular weight is 296 g/mol. The lowest BCUT2D eigenvalue weighted by atomic mass is 9.77. The lowest BCUT2D eigenvalue weighted by molar-refractivity contribution is -0.161. The first kappa shape index (κ1) is 16.3. The van der Waals surface area contributed by atoms with Crippen molar-refractivity contribution in [3.8, 4) is 0 Å². The molecule has 0 bridgehead atoms. The Morgan fingerprint density at radius 1 is 1.10 bits per heavy atom. The van der Waals surface area contributed by atoms with Gasteiger partial charge in [0, 0.05) is 13.1 Å². The summed E-state index contributed by atoms with van der Waals surface area (Å²) in [6.07, 6.45) is 7.73. The van der Waals surface area contributed by atoms with Crippen LogP contribution in [0, 0.1) is 5.41 Å². The van der Waals surface area contributed by atoms with Crippen LogP contribution in [0.1, 0.15) is 64.7 Å². The number of likely N-dealkylation sites (tertiary alicyclic amines) is 1. The van der Waals surface area contributed by atoms with E-state index < -0.39 is 16.9 Å². The third-order valence-electron chi connectivity index (χ3n) is 5.62. The van der Waals surface area contributed by atoms with Gasteiger partial charge in [-0.3, -0.25) is 4.79 Å². The molecule has 5 nitrogen and oxygen atoms in total. The number of carbonyl (C=O) groups is 2. The minimum Gasteiger partial charge on any atom is -0.479 e. The van der Waals surface area contributed by atoms with Gasteiger partial charge in [0.15, 0.2) is 0 Å². The standard InChI is InChI=1S/C16H28N2O3/c1-2-16(14(20)21)10-7-11-18(16)13(19)15(12-17)8-5-3-4-6-9-15/h2-12,17H2,1H3,(H,20,21). The van der Waals surface area contributed by atoms with Gasteiger partial charge in [0.25, 0.3) is 0 Å². The second-order valence-electron chi connectivity index (χ2n) is 6.65. The quantitative estimate of drug-likeness (QED) is 0.779. The van der Waals surface area contributed by atoms with Crippen LogP contribution in [-0.2, 0) is 9.59 Å². The topological polar surface area (TPSA) is 83.6 Å². The van der Waals surface area contributed by atoms with Crippen LogP contribution in [0.4, 0.5) is 0 Å². The summed E-state index contributed by atoms with van der Waals surface area (Å²) in [4.78, 5) is 26.6. The molecule has 120 valence electrons. The Bertz CT molecular complexity index is 402. The Kier molecular flexibility index (Phi) is 4.91. The number of nitrogens with two attached hydrogens (primary N) is 1. The van der Waals surface area contributed by atoms with Gasteiger partial charge in [-0.1, -0.05) is 32.6 Å². The highest BCUT2D eigenvalue weighted by Gasteiger charge is 2.52. The van der Waals surface area contributed by atoms with Crippen LogP contribution in [0.15, 0.2) is 0 Å². The van der Waals surface area contributed by atoms with E-state index in [-0.39, 0.29) is 5.91 Å². The molecule has 1 saturated carbocycles. The molecule has 0 aromatic heterocycles. The Morgan fingerprint density at radius 2 is 1.71 bits per heavy atom. The molecule has 1 aliphatic carbocycles. The molecule has 2 fully saturated rings. The summed E-state index contributed by atoms with van der Waals surface area (Å²) < 4.78 is 0. The lowest BCUT2D eigenvalue weighted by Gasteiger charge is -2.41. The van der Waals surface area contributed by atoms with Crippen molar-refractivity contribution in [3.05, 3.63) is 0 Å². The molecule has 1 atom stereocenters. The molecule has 3 N–H and O–H groups in total. The summed E-state index contributed by atoms with van der Waals surface area (Å²) in [6, 6.07) is 0. The van der Waals surface area contributed by atoms with Crippen LogP contribution in [0.2, 0.25) is 0 Å². The first-order valence-corrected chi connectivity index (χ1v) is 8.28. The van der Waals surface area contributed by atoms with Gasteiger partial charge < -0.3 is 15.7 Å². The van der Waals surface area contributed by atoms with E-state index in [1.165, 1.54) is 0 Å². The van der Waals surface area contributed by atoms with Crippen molar-refractivity contribution in [1.82, 2.24) is 4.90 Å². The van der Waals surface area contributed by atoms with Crippen molar-refractivity contribution in [2.24, 2.45) is 11.1 Å². The van der Waals surface area contributed by atoms with Gasteiger partial charge in [0.05, 0.1) is 5.41 Å². The lowest BCUT2D eigenvalue weighted by Crippen LogP contribution is -2.58. The third-order valence-corrected chi connectivity index (χ3v) is 5.62. The second-order valence-corrected chi connectivity index (χ2v) is 6.65. The molecule has 1 unspecified atom stereocenters. The zero-order chi connectivity index (χ0) is 15.5. The molecular weight excluding hydrogens is 268 g/mol. The number of hydrogen-bond acceptors (Lipinski definition) is 3. The molecule has 0 spiro atoms. The fraction of sp³-hybridized carbons (Fsp3) is 0.875. The SMILES string of the molecule is CCC1(C(=O)O)CCCN1C(=O)C1(CN)CCCCCC1. The fourth-order valence-corrected chi connectivity index (χ4v) is 4.11. The van der Waals surface area contributed by atoms with E-state index in [1.54, 1.807) is 4.90 Å². The number of aliphatic carboxylic acids is 1. The van der Waals surface area contributed by atoms with Crippen LogP contribution in [0.25, 0.3) is 0 Å². The average Bonchev–Trinajstić information content (AvgIpc) is 2.78. The van der Waals surface area contributed by atoms with Crippen molar-refractivity contribution < 1.29 is 14.7 Å². The number of carboxylic acids is 1. The minimum absolute atomic E-state index is 0.00588. The second kappa shape index (κ2) is 6.34. The van der Waals surface area contributed by atoms with E-state index in [1.807, 2.05) is 6.92 Å². The summed E-state index contributed by atoms with van der Waals surface area (Å²) >= 11 is 0. The number of nitrogens with zero attached hydrogens (tertiary/aromatic N) is 1. The predicted octanol–water partition coefficient (Wildman–Crippen LogP) is 2.14. The van der Waals surface area contributed by atoms with Crippen LogP contribution in [-0.4, -0.2) is 40.5 Å².